The van der Waals surface area contributed by atoms with E-state index in [4.69, 9.17) is 13.9 Å². The predicted octanol–water partition coefficient (Wildman–Crippen LogP) is 6.77. The molecule has 5 rings (SSSR count). The molecule has 8 heteroatoms. The molecule has 2 heterocycles. The van der Waals surface area contributed by atoms with Gasteiger partial charge in [-0.05, 0) is 73.5 Å². The standard InChI is InChI=1S/C30H26BrNO6/c1-17(2)37-22-10-7-18(8-11-22)16-32-27(19-5-4-6-23(14-19)36-3)26(29(34)30(32)35)28(33)25-15-20-13-21(31)9-12-24(20)38-25/h4-15,17,27,34H,16H2,1-3H3. The summed E-state index contributed by atoms with van der Waals surface area (Å²) in [4.78, 5) is 28.7. The van der Waals surface area contributed by atoms with Gasteiger partial charge in [0.1, 0.15) is 17.1 Å². The van der Waals surface area contributed by atoms with Crippen molar-refractivity contribution in [2.75, 3.05) is 7.11 Å². The van der Waals surface area contributed by atoms with Gasteiger partial charge in [-0.25, -0.2) is 0 Å². The Hall–Kier alpha value is -4.04. The van der Waals surface area contributed by atoms with Gasteiger partial charge >= 0.3 is 0 Å². The Morgan fingerprint density at radius 3 is 2.53 bits per heavy atom. The fourth-order valence-corrected chi connectivity index (χ4v) is 4.99. The number of aliphatic hydroxyl groups is 1. The van der Waals surface area contributed by atoms with E-state index in [1.165, 1.54) is 4.90 Å². The number of ether oxygens (including phenoxy) is 2. The highest BCUT2D eigenvalue weighted by atomic mass is 79.9. The van der Waals surface area contributed by atoms with Crippen molar-refractivity contribution in [3.05, 3.63) is 105 Å². The Labute approximate surface area is 228 Å². The Balaban J connectivity index is 1.55. The average Bonchev–Trinajstić information content (AvgIpc) is 3.43. The van der Waals surface area contributed by atoms with Gasteiger partial charge in [-0.3, -0.25) is 9.59 Å². The van der Waals surface area contributed by atoms with Gasteiger partial charge in [0.05, 0.1) is 24.8 Å². The van der Waals surface area contributed by atoms with Gasteiger partial charge in [0.25, 0.3) is 5.91 Å². The normalized spacial score (nSPS) is 15.6. The first kappa shape index (κ1) is 25.6. The Morgan fingerprint density at radius 2 is 1.82 bits per heavy atom. The maximum atomic E-state index is 13.8. The molecule has 1 atom stereocenters. The van der Waals surface area contributed by atoms with Gasteiger partial charge in [-0.1, -0.05) is 40.2 Å². The molecule has 1 N–H and O–H groups in total. The number of furan rings is 1. The number of carbonyl (C=O) groups is 2. The van der Waals surface area contributed by atoms with Crippen LogP contribution in [0.3, 0.4) is 0 Å². The third-order valence-electron chi connectivity index (χ3n) is 6.31. The van der Waals surface area contributed by atoms with Crippen LogP contribution in [0.5, 0.6) is 11.5 Å². The van der Waals surface area contributed by atoms with E-state index < -0.39 is 23.5 Å². The summed E-state index contributed by atoms with van der Waals surface area (Å²) in [6.07, 6.45) is 0.0348. The highest BCUT2D eigenvalue weighted by Gasteiger charge is 2.44. The summed E-state index contributed by atoms with van der Waals surface area (Å²) in [6.45, 7) is 4.06. The summed E-state index contributed by atoms with van der Waals surface area (Å²) < 4.78 is 17.8. The van der Waals surface area contributed by atoms with Gasteiger partial charge in [0.15, 0.2) is 11.5 Å². The Morgan fingerprint density at radius 1 is 1.05 bits per heavy atom. The van der Waals surface area contributed by atoms with E-state index in [-0.39, 0.29) is 24.0 Å². The molecule has 1 amide bonds. The molecule has 0 saturated carbocycles. The number of amides is 1. The van der Waals surface area contributed by atoms with Crippen molar-refractivity contribution >= 4 is 38.6 Å². The van der Waals surface area contributed by atoms with Crippen LogP contribution in [-0.4, -0.2) is 34.9 Å². The molecular formula is C30H26BrNO6. The van der Waals surface area contributed by atoms with E-state index in [2.05, 4.69) is 15.9 Å². The third kappa shape index (κ3) is 4.91. The molecule has 3 aromatic carbocycles. The molecule has 0 saturated heterocycles. The maximum absolute atomic E-state index is 13.8. The number of aliphatic hydroxyl groups excluding tert-OH is 1. The zero-order valence-electron chi connectivity index (χ0n) is 21.1. The van der Waals surface area contributed by atoms with Crippen LogP contribution < -0.4 is 9.47 Å². The lowest BCUT2D eigenvalue weighted by Crippen LogP contribution is -2.30. The van der Waals surface area contributed by atoms with Crippen LogP contribution in [-0.2, 0) is 11.3 Å². The number of hydrogen-bond acceptors (Lipinski definition) is 6. The van der Waals surface area contributed by atoms with Crippen molar-refractivity contribution in [3.8, 4) is 11.5 Å². The second-order valence-electron chi connectivity index (χ2n) is 9.31. The van der Waals surface area contributed by atoms with E-state index in [1.807, 2.05) is 50.2 Å². The van der Waals surface area contributed by atoms with E-state index >= 15 is 0 Å². The van der Waals surface area contributed by atoms with Crippen molar-refractivity contribution in [1.29, 1.82) is 0 Å². The first-order valence-electron chi connectivity index (χ1n) is 12.1. The number of fused-ring (bicyclic) bond motifs is 1. The molecule has 0 fully saturated rings. The van der Waals surface area contributed by atoms with Gasteiger partial charge in [0, 0.05) is 16.4 Å². The monoisotopic (exact) mass is 575 g/mol. The highest BCUT2D eigenvalue weighted by molar-refractivity contribution is 9.10. The van der Waals surface area contributed by atoms with Crippen LogP contribution >= 0.6 is 15.9 Å². The zero-order chi connectivity index (χ0) is 27.0. The molecule has 7 nitrogen and oxygen atoms in total. The molecule has 0 bridgehead atoms. The summed E-state index contributed by atoms with van der Waals surface area (Å²) in [5, 5.41) is 11.8. The summed E-state index contributed by atoms with van der Waals surface area (Å²) in [5.74, 6) is -0.464. The number of methoxy groups -OCH3 is 1. The summed E-state index contributed by atoms with van der Waals surface area (Å²) in [6, 6.07) is 20.7. The molecule has 1 aliphatic heterocycles. The first-order chi connectivity index (χ1) is 18.2. The molecule has 38 heavy (non-hydrogen) atoms. The minimum atomic E-state index is -0.850. The van der Waals surface area contributed by atoms with Crippen molar-refractivity contribution in [2.45, 2.75) is 32.5 Å². The second kappa shape index (κ2) is 10.4. The fourth-order valence-electron chi connectivity index (χ4n) is 4.61. The summed E-state index contributed by atoms with van der Waals surface area (Å²) in [7, 11) is 1.55. The summed E-state index contributed by atoms with van der Waals surface area (Å²) >= 11 is 3.42. The van der Waals surface area contributed by atoms with E-state index in [0.717, 1.165) is 15.4 Å². The van der Waals surface area contributed by atoms with Crippen LogP contribution in [0.25, 0.3) is 11.0 Å². The van der Waals surface area contributed by atoms with Crippen molar-refractivity contribution in [2.24, 2.45) is 0 Å². The fraction of sp³-hybridized carbons (Fsp3) is 0.200. The van der Waals surface area contributed by atoms with Crippen LogP contribution in [0, 0.1) is 0 Å². The minimum Gasteiger partial charge on any atom is -0.503 e. The topological polar surface area (TPSA) is 89.2 Å². The molecule has 0 aliphatic carbocycles. The number of rotatable bonds is 8. The Kier molecular flexibility index (Phi) is 6.99. The lowest BCUT2D eigenvalue weighted by molar-refractivity contribution is -0.130. The highest BCUT2D eigenvalue weighted by Crippen LogP contribution is 2.41. The van der Waals surface area contributed by atoms with Gasteiger partial charge in [-0.15, -0.1) is 0 Å². The average molecular weight is 576 g/mol. The summed E-state index contributed by atoms with van der Waals surface area (Å²) in [5.41, 5.74) is 1.93. The van der Waals surface area contributed by atoms with Crippen LogP contribution in [0.15, 0.2) is 93.0 Å². The smallest absolute Gasteiger partial charge is 0.290 e. The van der Waals surface area contributed by atoms with E-state index in [0.29, 0.717) is 22.6 Å². The maximum Gasteiger partial charge on any atom is 0.290 e. The quantitative estimate of drug-likeness (QED) is 0.233. The Bertz CT molecular complexity index is 1550. The largest absolute Gasteiger partial charge is 0.503 e. The minimum absolute atomic E-state index is 0.0348. The number of carbonyl (C=O) groups excluding carboxylic acids is 2. The zero-order valence-corrected chi connectivity index (χ0v) is 22.7. The van der Waals surface area contributed by atoms with Crippen LogP contribution in [0.4, 0.5) is 0 Å². The molecule has 1 aliphatic rings. The van der Waals surface area contributed by atoms with Crippen LogP contribution in [0.2, 0.25) is 0 Å². The number of Topliss-reactive ketones (excluding diaryl/α,β-unsaturated/α-hetero) is 1. The second-order valence-corrected chi connectivity index (χ2v) is 10.2. The number of benzene rings is 3. The number of nitrogens with zero attached hydrogens (tertiary/aromatic N) is 1. The van der Waals surface area contributed by atoms with Crippen LogP contribution in [0.1, 0.15) is 41.6 Å². The molecular weight excluding hydrogens is 550 g/mol. The van der Waals surface area contributed by atoms with Gasteiger partial charge < -0.3 is 23.9 Å². The van der Waals surface area contributed by atoms with E-state index in [1.54, 1.807) is 43.5 Å². The lowest BCUT2D eigenvalue weighted by Gasteiger charge is -2.27. The predicted molar refractivity (Wildman–Crippen MR) is 146 cm³/mol. The van der Waals surface area contributed by atoms with Gasteiger partial charge in [-0.2, -0.15) is 0 Å². The third-order valence-corrected chi connectivity index (χ3v) is 6.80. The van der Waals surface area contributed by atoms with Crippen molar-refractivity contribution < 1.29 is 28.6 Å². The van der Waals surface area contributed by atoms with Gasteiger partial charge in [0.2, 0.25) is 5.78 Å². The number of halogens is 1. The number of hydrogen-bond donors (Lipinski definition) is 1. The molecule has 0 spiro atoms. The molecule has 0 radical (unpaired) electrons. The van der Waals surface area contributed by atoms with Crippen molar-refractivity contribution in [1.82, 2.24) is 4.90 Å². The SMILES string of the molecule is COc1cccc(C2C(C(=O)c3cc4cc(Br)ccc4o3)=C(O)C(=O)N2Cc2ccc(OC(C)C)cc2)c1. The molecule has 4 aromatic rings. The first-order valence-corrected chi connectivity index (χ1v) is 12.9. The lowest BCUT2D eigenvalue weighted by atomic mass is 9.94. The molecule has 1 aromatic heterocycles. The molecule has 1 unspecified atom stereocenters. The van der Waals surface area contributed by atoms with Crippen molar-refractivity contribution in [3.63, 3.8) is 0 Å². The molecule has 194 valence electrons. The van der Waals surface area contributed by atoms with E-state index in [9.17, 15) is 14.7 Å². The number of ketones is 1.